The molecule has 9 heteroatoms. The first-order chi connectivity index (χ1) is 12.5. The van der Waals surface area contributed by atoms with Gasteiger partial charge in [-0.05, 0) is 18.2 Å². The summed E-state index contributed by atoms with van der Waals surface area (Å²) in [5.41, 5.74) is 0.527. The Morgan fingerprint density at radius 2 is 1.93 bits per heavy atom. The molecule has 0 saturated carbocycles. The second kappa shape index (κ2) is 10.1. The lowest BCUT2D eigenvalue weighted by Crippen LogP contribution is -3.00. The molecule has 0 spiro atoms. The van der Waals surface area contributed by atoms with E-state index in [1.54, 1.807) is 23.2 Å². The van der Waals surface area contributed by atoms with Gasteiger partial charge in [-0.3, -0.25) is 4.79 Å². The van der Waals surface area contributed by atoms with Gasteiger partial charge in [0, 0.05) is 0 Å². The highest BCUT2D eigenvalue weighted by atomic mass is 35.5. The molecule has 0 bridgehead atoms. The molecule has 2 rings (SSSR count). The topological polar surface area (TPSA) is 90.5 Å². The molecular weight excluding hydrogens is 374 g/mol. The molecule has 144 valence electrons. The fourth-order valence-electron chi connectivity index (χ4n) is 2.33. The zero-order valence-electron chi connectivity index (χ0n) is 15.0. The van der Waals surface area contributed by atoms with E-state index < -0.39 is 11.9 Å². The lowest BCUT2D eigenvalue weighted by molar-refractivity contribution is -0.683. The normalized spacial score (nSPS) is 9.70. The number of hydrogen-bond acceptors (Lipinski definition) is 5. The molecule has 1 N–H and O–H groups in total. The maximum Gasteiger partial charge on any atom is 0.339 e. The van der Waals surface area contributed by atoms with Crippen molar-refractivity contribution in [2.45, 2.75) is 13.1 Å². The molecule has 0 aliphatic rings. The number of aromatic nitrogens is 2. The number of rotatable bonds is 7. The zero-order chi connectivity index (χ0) is 19.1. The van der Waals surface area contributed by atoms with Crippen molar-refractivity contribution in [1.29, 1.82) is 0 Å². The van der Waals surface area contributed by atoms with Crippen LogP contribution in [0, 0.1) is 0 Å². The number of carbonyl (C=O) groups is 3. The van der Waals surface area contributed by atoms with E-state index in [9.17, 15) is 14.4 Å². The number of methoxy groups -OCH3 is 2. The molecule has 1 aromatic heterocycles. The number of hydrogen-bond donors (Lipinski definition) is 1. The van der Waals surface area contributed by atoms with E-state index in [1.807, 2.05) is 10.8 Å². The Labute approximate surface area is 162 Å². The summed E-state index contributed by atoms with van der Waals surface area (Å²) in [7, 11) is 2.49. The Bertz CT molecular complexity index is 847. The quantitative estimate of drug-likeness (QED) is 0.340. The Hall–Kier alpha value is -3.13. The molecule has 0 unspecified atom stereocenters. The second-order valence-corrected chi connectivity index (χ2v) is 5.36. The molecule has 0 aliphatic heterocycles. The summed E-state index contributed by atoms with van der Waals surface area (Å²) in [6, 6.07) is 4.21. The summed E-state index contributed by atoms with van der Waals surface area (Å²) in [6.45, 7) is 4.32. The van der Waals surface area contributed by atoms with E-state index in [0.717, 1.165) is 0 Å². The van der Waals surface area contributed by atoms with E-state index in [1.165, 1.54) is 32.4 Å². The smallest absolute Gasteiger partial charge is 0.339 e. The van der Waals surface area contributed by atoms with Crippen LogP contribution < -0.4 is 22.3 Å². The number of allylic oxidation sites excluding steroid dienone is 1. The molecule has 0 radical (unpaired) electrons. The molecule has 1 amide bonds. The zero-order valence-corrected chi connectivity index (χ0v) is 15.7. The van der Waals surface area contributed by atoms with Gasteiger partial charge in [0.1, 0.15) is 18.9 Å². The highest BCUT2D eigenvalue weighted by Crippen LogP contribution is 2.19. The van der Waals surface area contributed by atoms with Gasteiger partial charge in [0.05, 0.1) is 31.0 Å². The van der Waals surface area contributed by atoms with Crippen LogP contribution in [0.2, 0.25) is 0 Å². The third-order valence-electron chi connectivity index (χ3n) is 3.53. The number of ether oxygens (including phenoxy) is 2. The van der Waals surface area contributed by atoms with Crippen LogP contribution in [0.5, 0.6) is 0 Å². The van der Waals surface area contributed by atoms with Gasteiger partial charge in [0.25, 0.3) is 5.91 Å². The molecular formula is C18H20ClN3O5. The maximum absolute atomic E-state index is 12.3. The predicted octanol–water partition coefficient (Wildman–Crippen LogP) is -1.82. The lowest BCUT2D eigenvalue weighted by atomic mass is 10.1. The molecule has 0 atom stereocenters. The van der Waals surface area contributed by atoms with E-state index in [4.69, 9.17) is 4.74 Å². The van der Waals surface area contributed by atoms with Crippen molar-refractivity contribution >= 4 is 23.5 Å². The molecule has 1 heterocycles. The summed E-state index contributed by atoms with van der Waals surface area (Å²) >= 11 is 0. The molecule has 0 fully saturated rings. The molecule has 8 nitrogen and oxygen atoms in total. The van der Waals surface area contributed by atoms with Crippen LogP contribution >= 0.6 is 0 Å². The number of nitrogens with zero attached hydrogens (tertiary/aromatic N) is 2. The number of carbonyl (C=O) groups excluding carboxylic acids is 3. The molecule has 27 heavy (non-hydrogen) atoms. The third kappa shape index (κ3) is 5.68. The minimum absolute atomic E-state index is 0. The van der Waals surface area contributed by atoms with Crippen LogP contribution in [0.4, 0.5) is 5.69 Å². The fraction of sp³-hybridized carbons (Fsp3) is 0.222. The van der Waals surface area contributed by atoms with Crippen molar-refractivity contribution in [3.05, 3.63) is 60.7 Å². The van der Waals surface area contributed by atoms with E-state index in [0.29, 0.717) is 6.54 Å². The fourth-order valence-corrected chi connectivity index (χ4v) is 2.33. The second-order valence-electron chi connectivity index (χ2n) is 5.36. The maximum atomic E-state index is 12.3. The van der Waals surface area contributed by atoms with Crippen LogP contribution in [0.1, 0.15) is 20.7 Å². The van der Waals surface area contributed by atoms with Crippen molar-refractivity contribution in [2.24, 2.45) is 0 Å². The van der Waals surface area contributed by atoms with Crippen molar-refractivity contribution in [3.63, 3.8) is 0 Å². The van der Waals surface area contributed by atoms with Crippen LogP contribution in [-0.2, 0) is 27.4 Å². The third-order valence-corrected chi connectivity index (χ3v) is 3.53. The SMILES string of the molecule is C=CCn1cc[n+](CC(=O)Nc2cc(C(=O)OC)ccc2C(=O)OC)c1.[Cl-]. The average molecular weight is 394 g/mol. The average Bonchev–Trinajstić information content (AvgIpc) is 3.07. The van der Waals surface area contributed by atoms with Crippen LogP contribution in [-0.4, -0.2) is 36.6 Å². The van der Waals surface area contributed by atoms with Crippen molar-refractivity contribution < 1.29 is 40.8 Å². The summed E-state index contributed by atoms with van der Waals surface area (Å²) < 4.78 is 12.9. The Balaban J connectivity index is 0.00000364. The first-order valence-corrected chi connectivity index (χ1v) is 7.74. The van der Waals surface area contributed by atoms with Gasteiger partial charge in [0.15, 0.2) is 6.54 Å². The first-order valence-electron chi connectivity index (χ1n) is 7.74. The van der Waals surface area contributed by atoms with Gasteiger partial charge in [-0.2, -0.15) is 0 Å². The van der Waals surface area contributed by atoms with Gasteiger partial charge >= 0.3 is 11.9 Å². The van der Waals surface area contributed by atoms with Gasteiger partial charge in [-0.25, -0.2) is 18.7 Å². The number of anilines is 1. The van der Waals surface area contributed by atoms with Gasteiger partial charge in [0.2, 0.25) is 6.33 Å². The standard InChI is InChI=1S/C18H19N3O5.ClH/c1-4-7-20-8-9-21(12-20)11-16(22)19-15-10-13(17(23)25-2)5-6-14(15)18(24)26-3;/h4-6,8-10,12H,1,7,11H2,2-3H3;1H. The Morgan fingerprint density at radius 1 is 1.22 bits per heavy atom. The lowest BCUT2D eigenvalue weighted by Gasteiger charge is -2.10. The highest BCUT2D eigenvalue weighted by Gasteiger charge is 2.18. The van der Waals surface area contributed by atoms with Crippen LogP contribution in [0.25, 0.3) is 0 Å². The number of amides is 1. The highest BCUT2D eigenvalue weighted by molar-refractivity contribution is 6.03. The van der Waals surface area contributed by atoms with Gasteiger partial charge in [-0.15, -0.1) is 0 Å². The van der Waals surface area contributed by atoms with Gasteiger partial charge < -0.3 is 27.2 Å². The Kier molecular flexibility index (Phi) is 8.22. The number of halogens is 1. The number of esters is 2. The van der Waals surface area contributed by atoms with Crippen molar-refractivity contribution in [3.8, 4) is 0 Å². The number of benzene rings is 1. The van der Waals surface area contributed by atoms with Crippen LogP contribution in [0.3, 0.4) is 0 Å². The van der Waals surface area contributed by atoms with Crippen molar-refractivity contribution in [2.75, 3.05) is 19.5 Å². The van der Waals surface area contributed by atoms with Crippen LogP contribution in [0.15, 0.2) is 49.6 Å². The minimum atomic E-state index is -0.624. The molecule has 2 aromatic rings. The summed E-state index contributed by atoms with van der Waals surface area (Å²) in [5, 5.41) is 2.64. The number of nitrogens with one attached hydrogen (secondary N) is 1. The molecule has 0 saturated heterocycles. The molecule has 1 aromatic carbocycles. The predicted molar refractivity (Wildman–Crippen MR) is 92.6 cm³/mol. The van der Waals surface area contributed by atoms with E-state index >= 15 is 0 Å². The number of imidazole rings is 1. The van der Waals surface area contributed by atoms with E-state index in [-0.39, 0.29) is 41.7 Å². The Morgan fingerprint density at radius 3 is 2.56 bits per heavy atom. The first kappa shape index (κ1) is 21.9. The monoisotopic (exact) mass is 393 g/mol. The minimum Gasteiger partial charge on any atom is -1.00 e. The molecule has 0 aliphatic carbocycles. The largest absolute Gasteiger partial charge is 1.00 e. The summed E-state index contributed by atoms with van der Waals surface area (Å²) in [5.74, 6) is -1.56. The summed E-state index contributed by atoms with van der Waals surface area (Å²) in [4.78, 5) is 35.9. The summed E-state index contributed by atoms with van der Waals surface area (Å²) in [6.07, 6.45) is 7.06. The van der Waals surface area contributed by atoms with Gasteiger partial charge in [-0.1, -0.05) is 12.7 Å². The van der Waals surface area contributed by atoms with E-state index in [2.05, 4.69) is 16.6 Å². The van der Waals surface area contributed by atoms with Crippen molar-refractivity contribution in [1.82, 2.24) is 4.57 Å².